The van der Waals surface area contributed by atoms with Gasteiger partial charge in [-0.25, -0.2) is 19.3 Å². The lowest BCUT2D eigenvalue weighted by atomic mass is 10.1. The van der Waals surface area contributed by atoms with Crippen LogP contribution in [0.25, 0.3) is 23.3 Å². The van der Waals surface area contributed by atoms with Crippen LogP contribution < -0.4 is 10.6 Å². The summed E-state index contributed by atoms with van der Waals surface area (Å²) in [5.74, 6) is 1.84. The van der Waals surface area contributed by atoms with Crippen LogP contribution in [-0.4, -0.2) is 38.0 Å². The zero-order valence-corrected chi connectivity index (χ0v) is 18.4. The smallest absolute Gasteiger partial charge is 0.196 e. The quantitative estimate of drug-likeness (QED) is 0.294. The maximum Gasteiger partial charge on any atom is 0.196 e. The summed E-state index contributed by atoms with van der Waals surface area (Å²) in [6.45, 7) is 11.3. The molecule has 1 unspecified atom stereocenters. The van der Waals surface area contributed by atoms with E-state index in [0.717, 1.165) is 23.8 Å². The van der Waals surface area contributed by atoms with Gasteiger partial charge in [0, 0.05) is 43.9 Å². The predicted octanol–water partition coefficient (Wildman–Crippen LogP) is 4.31. The summed E-state index contributed by atoms with van der Waals surface area (Å²) in [5, 5.41) is 6.51. The predicted molar refractivity (Wildman–Crippen MR) is 127 cm³/mol. The van der Waals surface area contributed by atoms with Crippen molar-refractivity contribution in [3.63, 3.8) is 0 Å². The van der Waals surface area contributed by atoms with Crippen molar-refractivity contribution in [2.24, 2.45) is 0 Å². The first-order valence-electron chi connectivity index (χ1n) is 10.7. The summed E-state index contributed by atoms with van der Waals surface area (Å²) in [7, 11) is 0. The van der Waals surface area contributed by atoms with Gasteiger partial charge in [0.15, 0.2) is 22.8 Å². The van der Waals surface area contributed by atoms with Crippen molar-refractivity contribution in [1.29, 1.82) is 0 Å². The van der Waals surface area contributed by atoms with Crippen LogP contribution in [-0.2, 0) is 13.0 Å². The fraction of sp³-hybridized carbons (Fsp3) is 0.250. The lowest BCUT2D eigenvalue weighted by Gasteiger charge is -2.09. The fourth-order valence-corrected chi connectivity index (χ4v) is 3.43. The number of hydrogen-bond donors (Lipinski definition) is 3. The molecule has 4 aromatic heterocycles. The molecule has 0 radical (unpaired) electrons. The molecule has 0 fully saturated rings. The highest BCUT2D eigenvalue weighted by molar-refractivity contribution is 5.83. The summed E-state index contributed by atoms with van der Waals surface area (Å²) in [5.41, 5.74) is 3.24. The van der Waals surface area contributed by atoms with Crippen molar-refractivity contribution in [1.82, 2.24) is 30.2 Å². The van der Waals surface area contributed by atoms with Crippen LogP contribution in [0.1, 0.15) is 41.6 Å². The molecular formula is C24H26FN7O. The second kappa shape index (κ2) is 10.2. The third kappa shape index (κ3) is 5.15. The molecule has 3 N–H and O–H groups in total. The van der Waals surface area contributed by atoms with Crippen LogP contribution in [0.3, 0.4) is 0 Å². The number of anilines is 1. The van der Waals surface area contributed by atoms with E-state index < -0.39 is 0 Å². The van der Waals surface area contributed by atoms with Crippen LogP contribution in [0.5, 0.6) is 0 Å². The number of nitrogens with zero attached hydrogens (tertiary/aromatic N) is 4. The number of aromatic nitrogens is 5. The van der Waals surface area contributed by atoms with Crippen LogP contribution in [0, 0.1) is 5.82 Å². The van der Waals surface area contributed by atoms with E-state index in [-0.39, 0.29) is 18.3 Å². The summed E-state index contributed by atoms with van der Waals surface area (Å²) in [4.78, 5) is 20.8. The maximum absolute atomic E-state index is 13.8. The molecule has 9 heteroatoms. The first-order chi connectivity index (χ1) is 16.1. The Morgan fingerprint density at radius 3 is 2.82 bits per heavy atom. The van der Waals surface area contributed by atoms with Crippen LogP contribution in [0.15, 0.2) is 48.2 Å². The van der Waals surface area contributed by atoms with Crippen LogP contribution >= 0.6 is 0 Å². The molecule has 1 atom stereocenters. The summed E-state index contributed by atoms with van der Waals surface area (Å²) < 4.78 is 19.7. The minimum absolute atomic E-state index is 0.188. The Bertz CT molecular complexity index is 1240. The highest BCUT2D eigenvalue weighted by Gasteiger charge is 2.14. The number of aromatic amines is 1. The van der Waals surface area contributed by atoms with Crippen LogP contribution in [0.4, 0.5) is 10.2 Å². The molecule has 0 saturated carbocycles. The number of nitrogens with one attached hydrogen (secondary N) is 3. The SMILES string of the molecule is C=Cc1nc(C(C)CNCCc2nc3c(NCc4ncccc4F)nccc3o2)[nH]c1C=C. The number of oxazole rings is 1. The zero-order chi connectivity index (χ0) is 23.2. The van der Waals surface area contributed by atoms with Gasteiger partial charge in [-0.05, 0) is 24.3 Å². The molecule has 0 spiro atoms. The Balaban J connectivity index is 1.33. The van der Waals surface area contributed by atoms with Crippen molar-refractivity contribution >= 4 is 29.1 Å². The van der Waals surface area contributed by atoms with E-state index in [9.17, 15) is 4.39 Å². The van der Waals surface area contributed by atoms with Gasteiger partial charge in [-0.15, -0.1) is 0 Å². The number of halogens is 1. The second-order valence-electron chi connectivity index (χ2n) is 7.58. The summed E-state index contributed by atoms with van der Waals surface area (Å²) in [6, 6.07) is 4.70. The normalized spacial score (nSPS) is 12.1. The Morgan fingerprint density at radius 2 is 2.06 bits per heavy atom. The number of fused-ring (bicyclic) bond motifs is 1. The Morgan fingerprint density at radius 1 is 1.18 bits per heavy atom. The van der Waals surface area contributed by atoms with Gasteiger partial charge in [0.25, 0.3) is 0 Å². The zero-order valence-electron chi connectivity index (χ0n) is 18.4. The monoisotopic (exact) mass is 447 g/mol. The van der Waals surface area contributed by atoms with E-state index >= 15 is 0 Å². The van der Waals surface area contributed by atoms with Gasteiger partial charge in [0.05, 0.1) is 23.6 Å². The lowest BCUT2D eigenvalue weighted by molar-refractivity contribution is 0.507. The molecule has 4 rings (SSSR count). The summed E-state index contributed by atoms with van der Waals surface area (Å²) >= 11 is 0. The fourth-order valence-electron chi connectivity index (χ4n) is 3.43. The molecule has 0 aliphatic rings. The number of H-pyrrole nitrogens is 1. The minimum Gasteiger partial charge on any atom is -0.440 e. The first-order valence-corrected chi connectivity index (χ1v) is 10.7. The number of pyridine rings is 2. The average Bonchev–Trinajstić information content (AvgIpc) is 3.45. The molecule has 0 bridgehead atoms. The van der Waals surface area contributed by atoms with Crippen molar-refractivity contribution < 1.29 is 8.81 Å². The maximum atomic E-state index is 13.8. The minimum atomic E-state index is -0.366. The van der Waals surface area contributed by atoms with Crippen molar-refractivity contribution in [2.45, 2.75) is 25.8 Å². The Kier molecular flexibility index (Phi) is 6.89. The summed E-state index contributed by atoms with van der Waals surface area (Å²) in [6.07, 6.45) is 7.26. The third-order valence-corrected chi connectivity index (χ3v) is 5.22. The average molecular weight is 448 g/mol. The standard InChI is InChI=1S/C24H26FN7O/c1-4-17-18(5-2)31-23(30-17)15(3)13-26-11-9-21-32-22-20(33-21)8-12-28-24(22)29-14-19-16(25)7-6-10-27-19/h4-8,10,12,15,26H,1-2,9,11,13-14H2,3H3,(H,28,29)(H,30,31). The molecule has 8 nitrogen and oxygen atoms in total. The molecule has 4 aromatic rings. The first kappa shape index (κ1) is 22.3. The molecule has 0 amide bonds. The van der Waals surface area contributed by atoms with Gasteiger partial charge >= 0.3 is 0 Å². The Labute approximate surface area is 191 Å². The van der Waals surface area contributed by atoms with Gasteiger partial charge in [-0.3, -0.25) is 4.98 Å². The van der Waals surface area contributed by atoms with Gasteiger partial charge in [0.2, 0.25) is 0 Å². The Hall–Kier alpha value is -3.85. The molecule has 170 valence electrons. The number of hydrogen-bond acceptors (Lipinski definition) is 7. The van der Waals surface area contributed by atoms with E-state index in [1.54, 1.807) is 36.7 Å². The highest BCUT2D eigenvalue weighted by atomic mass is 19.1. The molecule has 0 aliphatic heterocycles. The van der Waals surface area contributed by atoms with Crippen molar-refractivity contribution in [2.75, 3.05) is 18.4 Å². The molecule has 33 heavy (non-hydrogen) atoms. The topological polar surface area (TPSA) is 105 Å². The number of rotatable bonds is 11. The van der Waals surface area contributed by atoms with Gasteiger partial charge < -0.3 is 20.0 Å². The highest BCUT2D eigenvalue weighted by Crippen LogP contribution is 2.22. The number of imidazole rings is 1. The largest absolute Gasteiger partial charge is 0.440 e. The van der Waals surface area contributed by atoms with Crippen molar-refractivity contribution in [3.05, 3.63) is 78.4 Å². The third-order valence-electron chi connectivity index (χ3n) is 5.22. The van der Waals surface area contributed by atoms with Crippen LogP contribution in [0.2, 0.25) is 0 Å². The second-order valence-corrected chi connectivity index (χ2v) is 7.58. The molecule has 0 saturated heterocycles. The van der Waals surface area contributed by atoms with E-state index in [2.05, 4.69) is 55.6 Å². The van der Waals surface area contributed by atoms with Gasteiger partial charge in [0.1, 0.15) is 11.6 Å². The molecule has 0 aromatic carbocycles. The lowest BCUT2D eigenvalue weighted by Crippen LogP contribution is -2.23. The van der Waals surface area contributed by atoms with E-state index in [0.29, 0.717) is 41.5 Å². The van der Waals surface area contributed by atoms with Crippen molar-refractivity contribution in [3.8, 4) is 0 Å². The molecular weight excluding hydrogens is 421 g/mol. The van der Waals surface area contributed by atoms with E-state index in [1.165, 1.54) is 6.07 Å². The van der Waals surface area contributed by atoms with E-state index in [1.807, 2.05) is 0 Å². The van der Waals surface area contributed by atoms with Gasteiger partial charge in [-0.2, -0.15) is 0 Å². The van der Waals surface area contributed by atoms with Gasteiger partial charge in [-0.1, -0.05) is 20.1 Å². The molecule has 0 aliphatic carbocycles. The van der Waals surface area contributed by atoms with E-state index in [4.69, 9.17) is 4.42 Å². The molecule has 4 heterocycles.